The number of carbonyl (C=O) groups is 1. The highest BCUT2D eigenvalue weighted by molar-refractivity contribution is 6.30. The van der Waals surface area contributed by atoms with Crippen LogP contribution in [0.1, 0.15) is 34.6 Å². The monoisotopic (exact) mass is 517 g/mol. The number of fused-ring (bicyclic) bond motifs is 1. The Bertz CT molecular complexity index is 1430. The lowest BCUT2D eigenvalue weighted by Crippen LogP contribution is -2.60. The third-order valence-corrected chi connectivity index (χ3v) is 8.02. The highest BCUT2D eigenvalue weighted by Gasteiger charge is 2.44. The summed E-state index contributed by atoms with van der Waals surface area (Å²) in [6.45, 7) is 6.42. The van der Waals surface area contributed by atoms with Gasteiger partial charge in [0, 0.05) is 55.7 Å². The van der Waals surface area contributed by atoms with Crippen LogP contribution < -0.4 is 15.1 Å². The summed E-state index contributed by atoms with van der Waals surface area (Å²) in [6.07, 6.45) is 4.03. The number of amides is 1. The average molecular weight is 518 g/mol. The number of carbonyl (C=O) groups excluding carboxylic acids is 1. The molecule has 6 nitrogen and oxygen atoms in total. The van der Waals surface area contributed by atoms with Crippen LogP contribution in [0.4, 0.5) is 15.8 Å². The fraction of sp³-hybridized carbons (Fsp3) is 0.310. The molecule has 2 fully saturated rings. The number of anilines is 2. The first kappa shape index (κ1) is 23.8. The molecule has 0 bridgehead atoms. The van der Waals surface area contributed by atoms with Gasteiger partial charge in [0.15, 0.2) is 0 Å². The average Bonchev–Trinajstić information content (AvgIpc) is 3.22. The van der Waals surface area contributed by atoms with Gasteiger partial charge in [0.2, 0.25) is 0 Å². The van der Waals surface area contributed by atoms with E-state index in [9.17, 15) is 9.18 Å². The van der Waals surface area contributed by atoms with Crippen molar-refractivity contribution in [3.63, 3.8) is 0 Å². The van der Waals surface area contributed by atoms with Crippen LogP contribution in [-0.2, 0) is 6.54 Å². The minimum atomic E-state index is -0.187. The minimum absolute atomic E-state index is 0.173. The van der Waals surface area contributed by atoms with Crippen LogP contribution in [0.5, 0.6) is 0 Å². The molecular formula is C29H29ClFN5O. The van der Waals surface area contributed by atoms with Crippen molar-refractivity contribution in [2.24, 2.45) is 5.41 Å². The number of piperidine rings is 1. The van der Waals surface area contributed by atoms with Crippen LogP contribution in [0.2, 0.25) is 5.02 Å². The molecule has 0 saturated carbocycles. The van der Waals surface area contributed by atoms with Crippen molar-refractivity contribution < 1.29 is 9.18 Å². The molecule has 4 heterocycles. The number of nitrogens with zero attached hydrogens (tertiary/aromatic N) is 4. The number of hydrogen-bond donors (Lipinski definition) is 1. The second-order valence-electron chi connectivity index (χ2n) is 10.3. The maximum absolute atomic E-state index is 13.2. The molecule has 37 heavy (non-hydrogen) atoms. The van der Waals surface area contributed by atoms with Gasteiger partial charge in [0.05, 0.1) is 10.7 Å². The van der Waals surface area contributed by atoms with Gasteiger partial charge < -0.3 is 15.1 Å². The quantitative estimate of drug-likeness (QED) is 0.381. The first-order chi connectivity index (χ1) is 17.9. The molecule has 0 unspecified atom stereocenters. The second-order valence-corrected chi connectivity index (χ2v) is 10.7. The van der Waals surface area contributed by atoms with E-state index < -0.39 is 0 Å². The maximum Gasteiger partial charge on any atom is 0.270 e. The Morgan fingerprint density at radius 1 is 0.973 bits per heavy atom. The topological polar surface area (TPSA) is 52.9 Å². The summed E-state index contributed by atoms with van der Waals surface area (Å²) in [5.41, 5.74) is 5.61. The Labute approximate surface area is 220 Å². The zero-order chi connectivity index (χ0) is 25.6. The van der Waals surface area contributed by atoms with E-state index >= 15 is 0 Å². The summed E-state index contributed by atoms with van der Waals surface area (Å²) < 4.78 is 15.0. The van der Waals surface area contributed by atoms with E-state index in [0.29, 0.717) is 34.0 Å². The van der Waals surface area contributed by atoms with Gasteiger partial charge in [-0.2, -0.15) is 0 Å². The van der Waals surface area contributed by atoms with E-state index in [1.807, 2.05) is 19.1 Å². The van der Waals surface area contributed by atoms with Crippen molar-refractivity contribution >= 4 is 34.5 Å². The molecule has 1 spiro atoms. The number of benzene rings is 2. The number of hydrogen-bond acceptors (Lipinski definition) is 4. The number of aryl methyl sites for hydroxylation is 1. The summed E-state index contributed by atoms with van der Waals surface area (Å²) in [6, 6.07) is 18.8. The molecule has 2 saturated heterocycles. The van der Waals surface area contributed by atoms with Crippen molar-refractivity contribution in [3.8, 4) is 0 Å². The fourth-order valence-corrected chi connectivity index (χ4v) is 5.81. The summed E-state index contributed by atoms with van der Waals surface area (Å²) >= 11 is 6.12. The van der Waals surface area contributed by atoms with Gasteiger partial charge in [0.25, 0.3) is 5.91 Å². The third-order valence-electron chi connectivity index (χ3n) is 7.79. The van der Waals surface area contributed by atoms with E-state index in [1.165, 1.54) is 17.8 Å². The zero-order valence-corrected chi connectivity index (χ0v) is 21.5. The summed E-state index contributed by atoms with van der Waals surface area (Å²) in [5.74, 6) is -0.360. The van der Waals surface area contributed by atoms with Crippen LogP contribution >= 0.6 is 11.6 Å². The normalized spacial score (nSPS) is 16.7. The standard InChI is InChI=1S/C29H29ClFN5O/c1-20-27(36-17-22(30)4-11-26(36)33-20)28(37)32-16-21-2-7-24(8-3-21)34-14-12-29(13-15-34)18-35(19-29)25-9-5-23(31)6-10-25/h2-11,17H,12-16,18-19H2,1H3,(H,32,37). The summed E-state index contributed by atoms with van der Waals surface area (Å²) in [7, 11) is 0. The summed E-state index contributed by atoms with van der Waals surface area (Å²) in [4.78, 5) is 22.2. The Balaban J connectivity index is 1.03. The van der Waals surface area contributed by atoms with Gasteiger partial charge in [0.1, 0.15) is 17.2 Å². The lowest BCUT2D eigenvalue weighted by Gasteiger charge is -2.55. The van der Waals surface area contributed by atoms with E-state index in [2.05, 4.69) is 44.4 Å². The Morgan fingerprint density at radius 2 is 1.62 bits per heavy atom. The zero-order valence-electron chi connectivity index (χ0n) is 20.8. The molecule has 1 amide bonds. The van der Waals surface area contributed by atoms with Crippen molar-refractivity contribution in [2.75, 3.05) is 36.0 Å². The van der Waals surface area contributed by atoms with E-state index in [1.54, 1.807) is 22.7 Å². The molecular weight excluding hydrogens is 489 g/mol. The van der Waals surface area contributed by atoms with Gasteiger partial charge in [-0.25, -0.2) is 9.37 Å². The number of imidazole rings is 1. The highest BCUT2D eigenvalue weighted by Crippen LogP contribution is 2.43. The molecule has 4 aromatic rings. The van der Waals surface area contributed by atoms with Crippen molar-refractivity contribution in [2.45, 2.75) is 26.3 Å². The first-order valence-corrected chi connectivity index (χ1v) is 13.0. The molecule has 2 aromatic heterocycles. The number of pyridine rings is 1. The van der Waals surface area contributed by atoms with Crippen LogP contribution in [-0.4, -0.2) is 41.5 Å². The van der Waals surface area contributed by atoms with Crippen LogP contribution in [0.25, 0.3) is 5.65 Å². The molecule has 2 aliphatic heterocycles. The Hall–Kier alpha value is -3.58. The Morgan fingerprint density at radius 3 is 2.32 bits per heavy atom. The van der Waals surface area contributed by atoms with E-state index in [4.69, 9.17) is 11.6 Å². The predicted octanol–water partition coefficient (Wildman–Crippen LogP) is 5.47. The van der Waals surface area contributed by atoms with E-state index in [-0.39, 0.29) is 11.7 Å². The minimum Gasteiger partial charge on any atom is -0.371 e. The first-order valence-electron chi connectivity index (χ1n) is 12.7. The molecule has 190 valence electrons. The summed E-state index contributed by atoms with van der Waals surface area (Å²) in [5, 5.41) is 3.57. The molecule has 8 heteroatoms. The number of halogens is 2. The van der Waals surface area contributed by atoms with Crippen LogP contribution in [0.3, 0.4) is 0 Å². The van der Waals surface area contributed by atoms with Crippen molar-refractivity contribution in [3.05, 3.63) is 94.7 Å². The van der Waals surface area contributed by atoms with Gasteiger partial charge in [-0.05, 0) is 73.9 Å². The smallest absolute Gasteiger partial charge is 0.270 e. The number of rotatable bonds is 5. The fourth-order valence-electron chi connectivity index (χ4n) is 5.65. The predicted molar refractivity (Wildman–Crippen MR) is 145 cm³/mol. The van der Waals surface area contributed by atoms with Crippen LogP contribution in [0, 0.1) is 18.2 Å². The molecule has 2 aromatic carbocycles. The molecule has 6 rings (SSSR count). The van der Waals surface area contributed by atoms with E-state index in [0.717, 1.165) is 50.3 Å². The molecule has 2 aliphatic rings. The number of aromatic nitrogens is 2. The van der Waals surface area contributed by atoms with Crippen molar-refractivity contribution in [1.29, 1.82) is 0 Å². The maximum atomic E-state index is 13.2. The highest BCUT2D eigenvalue weighted by atomic mass is 35.5. The SMILES string of the molecule is Cc1nc2ccc(Cl)cn2c1C(=O)NCc1ccc(N2CCC3(CC2)CN(c2ccc(F)cc2)C3)cc1. The van der Waals surface area contributed by atoms with Gasteiger partial charge in [-0.1, -0.05) is 23.7 Å². The molecule has 0 aliphatic carbocycles. The number of nitrogens with one attached hydrogen (secondary N) is 1. The lowest BCUT2D eigenvalue weighted by atomic mass is 9.71. The molecule has 0 radical (unpaired) electrons. The molecule has 1 N–H and O–H groups in total. The van der Waals surface area contributed by atoms with Gasteiger partial charge >= 0.3 is 0 Å². The lowest BCUT2D eigenvalue weighted by molar-refractivity contribution is 0.0944. The molecule has 0 atom stereocenters. The van der Waals surface area contributed by atoms with Crippen molar-refractivity contribution in [1.82, 2.24) is 14.7 Å². The van der Waals surface area contributed by atoms with Crippen LogP contribution in [0.15, 0.2) is 66.9 Å². The third kappa shape index (κ3) is 4.64. The second kappa shape index (κ2) is 9.38. The largest absolute Gasteiger partial charge is 0.371 e. The van der Waals surface area contributed by atoms with Gasteiger partial charge in [-0.15, -0.1) is 0 Å². The van der Waals surface area contributed by atoms with Gasteiger partial charge in [-0.3, -0.25) is 9.20 Å². The Kier molecular flexibility index (Phi) is 6.03.